The van der Waals surface area contributed by atoms with Crippen LogP contribution in [-0.4, -0.2) is 17.7 Å². The van der Waals surface area contributed by atoms with Gasteiger partial charge >= 0.3 is 5.63 Å². The molecule has 3 rings (SSSR count). The van der Waals surface area contributed by atoms with Gasteiger partial charge in [-0.1, -0.05) is 12.1 Å². The summed E-state index contributed by atoms with van der Waals surface area (Å²) in [5.74, 6) is 0.0173. The van der Waals surface area contributed by atoms with E-state index in [0.717, 1.165) is 16.5 Å². The molecule has 1 aromatic heterocycles. The molecule has 1 atom stereocenters. The van der Waals surface area contributed by atoms with Gasteiger partial charge in [0.25, 0.3) is 5.91 Å². The molecule has 3 aromatic rings. The maximum absolute atomic E-state index is 12.3. The highest BCUT2D eigenvalue weighted by atomic mass is 16.5. The van der Waals surface area contributed by atoms with E-state index in [2.05, 4.69) is 10.5 Å². The Morgan fingerprint density at radius 1 is 1.18 bits per heavy atom. The predicted octanol–water partition coefficient (Wildman–Crippen LogP) is 2.99. The molecule has 28 heavy (non-hydrogen) atoms. The number of carbonyl (C=O) groups is 1. The van der Waals surface area contributed by atoms with Crippen molar-refractivity contribution in [2.24, 2.45) is 5.10 Å². The van der Waals surface area contributed by atoms with Crippen LogP contribution >= 0.6 is 0 Å². The van der Waals surface area contributed by atoms with E-state index in [9.17, 15) is 9.59 Å². The van der Waals surface area contributed by atoms with Crippen molar-refractivity contribution in [1.82, 2.24) is 5.43 Å². The van der Waals surface area contributed by atoms with E-state index in [0.29, 0.717) is 22.7 Å². The topological polar surface area (TPSA) is 107 Å². The third-order valence-electron chi connectivity index (χ3n) is 4.27. The zero-order valence-electron chi connectivity index (χ0n) is 15.9. The normalized spacial score (nSPS) is 12.6. The molecule has 7 nitrogen and oxygen atoms in total. The van der Waals surface area contributed by atoms with Gasteiger partial charge in [-0.25, -0.2) is 10.2 Å². The van der Waals surface area contributed by atoms with Gasteiger partial charge in [-0.3, -0.25) is 4.79 Å². The summed E-state index contributed by atoms with van der Waals surface area (Å²) in [6.07, 6.45) is -0.794. The SMILES string of the molecule is C/C(=N/NC(=O)[C@@H](C)Oc1ccc2c(C)cc(=O)oc2c1)c1ccc(N)cc1. The zero-order chi connectivity index (χ0) is 20.3. The Hall–Kier alpha value is -3.61. The first-order chi connectivity index (χ1) is 13.3. The van der Waals surface area contributed by atoms with E-state index in [4.69, 9.17) is 14.9 Å². The standard InChI is InChI=1S/C21H21N3O4/c1-12-10-20(25)28-19-11-17(8-9-18(12)19)27-14(3)21(26)24-23-13(2)15-4-6-16(22)7-5-15/h4-11,14H,22H2,1-3H3,(H,24,26)/b23-13-/t14-/m1/s1. The number of hydrazone groups is 1. The van der Waals surface area contributed by atoms with E-state index >= 15 is 0 Å². The lowest BCUT2D eigenvalue weighted by molar-refractivity contribution is -0.127. The Kier molecular flexibility index (Phi) is 5.44. The molecule has 2 aromatic carbocycles. The summed E-state index contributed by atoms with van der Waals surface area (Å²) < 4.78 is 10.9. The van der Waals surface area contributed by atoms with Crippen LogP contribution in [0, 0.1) is 6.92 Å². The first kappa shape index (κ1) is 19.2. The number of nitrogens with one attached hydrogen (secondary N) is 1. The third-order valence-corrected chi connectivity index (χ3v) is 4.27. The fourth-order valence-corrected chi connectivity index (χ4v) is 2.65. The number of carbonyl (C=O) groups excluding carboxylic acids is 1. The van der Waals surface area contributed by atoms with E-state index in [1.54, 1.807) is 44.2 Å². The van der Waals surface area contributed by atoms with E-state index in [1.165, 1.54) is 6.07 Å². The maximum Gasteiger partial charge on any atom is 0.336 e. The van der Waals surface area contributed by atoms with Crippen LogP contribution in [-0.2, 0) is 4.79 Å². The second-order valence-electron chi connectivity index (χ2n) is 6.46. The fourth-order valence-electron chi connectivity index (χ4n) is 2.65. The van der Waals surface area contributed by atoms with Crippen LogP contribution in [0.5, 0.6) is 5.75 Å². The molecule has 1 heterocycles. The first-order valence-corrected chi connectivity index (χ1v) is 8.74. The smallest absolute Gasteiger partial charge is 0.336 e. The minimum Gasteiger partial charge on any atom is -0.481 e. The number of nitrogen functional groups attached to an aromatic ring is 1. The molecule has 0 unspecified atom stereocenters. The molecule has 0 aliphatic carbocycles. The van der Waals surface area contributed by atoms with Crippen molar-refractivity contribution in [3.63, 3.8) is 0 Å². The van der Waals surface area contributed by atoms with Gasteiger partial charge in [-0.15, -0.1) is 0 Å². The van der Waals surface area contributed by atoms with Crippen LogP contribution in [0.2, 0.25) is 0 Å². The summed E-state index contributed by atoms with van der Waals surface area (Å²) in [7, 11) is 0. The van der Waals surface area contributed by atoms with Gasteiger partial charge in [0.1, 0.15) is 11.3 Å². The van der Waals surface area contributed by atoms with Crippen LogP contribution < -0.4 is 21.5 Å². The monoisotopic (exact) mass is 379 g/mol. The van der Waals surface area contributed by atoms with Gasteiger partial charge in [0, 0.05) is 23.2 Å². The molecule has 7 heteroatoms. The largest absolute Gasteiger partial charge is 0.481 e. The molecule has 144 valence electrons. The number of hydrogen-bond donors (Lipinski definition) is 2. The molecule has 0 fully saturated rings. The Balaban J connectivity index is 1.68. The van der Waals surface area contributed by atoms with E-state index in [1.807, 2.05) is 19.1 Å². The zero-order valence-corrected chi connectivity index (χ0v) is 15.9. The number of hydrogen-bond acceptors (Lipinski definition) is 6. The second kappa shape index (κ2) is 7.96. The number of ether oxygens (including phenoxy) is 1. The third kappa shape index (κ3) is 4.37. The van der Waals surface area contributed by atoms with Crippen LogP contribution in [0.3, 0.4) is 0 Å². The quantitative estimate of drug-likeness (QED) is 0.307. The number of fused-ring (bicyclic) bond motifs is 1. The molecular formula is C21H21N3O4. The highest BCUT2D eigenvalue weighted by Gasteiger charge is 2.15. The van der Waals surface area contributed by atoms with Crippen molar-refractivity contribution in [2.45, 2.75) is 26.9 Å². The lowest BCUT2D eigenvalue weighted by atomic mass is 10.1. The summed E-state index contributed by atoms with van der Waals surface area (Å²) in [4.78, 5) is 23.8. The van der Waals surface area contributed by atoms with Crippen LogP contribution in [0.25, 0.3) is 11.0 Å². The Morgan fingerprint density at radius 2 is 1.89 bits per heavy atom. The average Bonchev–Trinajstić information content (AvgIpc) is 2.65. The van der Waals surface area contributed by atoms with Gasteiger partial charge in [-0.05, 0) is 56.2 Å². The number of benzene rings is 2. The summed E-state index contributed by atoms with van der Waals surface area (Å²) in [5.41, 5.74) is 11.1. The molecule has 0 saturated carbocycles. The van der Waals surface area contributed by atoms with Crippen molar-refractivity contribution < 1.29 is 13.9 Å². The van der Waals surface area contributed by atoms with Crippen molar-refractivity contribution in [1.29, 1.82) is 0 Å². The van der Waals surface area contributed by atoms with Crippen LogP contribution in [0.15, 0.2) is 62.8 Å². The lowest BCUT2D eigenvalue weighted by Gasteiger charge is -2.14. The van der Waals surface area contributed by atoms with Gasteiger partial charge < -0.3 is 14.9 Å². The number of aryl methyl sites for hydroxylation is 1. The minimum absolute atomic E-state index is 0.402. The summed E-state index contributed by atoms with van der Waals surface area (Å²) >= 11 is 0. The van der Waals surface area contributed by atoms with E-state index in [-0.39, 0.29) is 0 Å². The Morgan fingerprint density at radius 3 is 2.61 bits per heavy atom. The average molecular weight is 379 g/mol. The Bertz CT molecular complexity index is 1100. The fraction of sp³-hybridized carbons (Fsp3) is 0.190. The molecule has 1 amide bonds. The first-order valence-electron chi connectivity index (χ1n) is 8.74. The summed E-state index contributed by atoms with van der Waals surface area (Å²) in [6, 6.07) is 13.7. The predicted molar refractivity (Wildman–Crippen MR) is 109 cm³/mol. The van der Waals surface area contributed by atoms with Crippen LogP contribution in [0.1, 0.15) is 25.0 Å². The lowest BCUT2D eigenvalue weighted by Crippen LogP contribution is -2.33. The van der Waals surface area contributed by atoms with Crippen molar-refractivity contribution in [3.05, 3.63) is 70.1 Å². The molecule has 0 radical (unpaired) electrons. The molecule has 0 bridgehead atoms. The molecular weight excluding hydrogens is 358 g/mol. The van der Waals surface area contributed by atoms with E-state index < -0.39 is 17.6 Å². The maximum atomic E-state index is 12.3. The summed E-state index contributed by atoms with van der Waals surface area (Å²) in [5, 5.41) is 4.91. The highest BCUT2D eigenvalue weighted by molar-refractivity contribution is 5.99. The second-order valence-corrected chi connectivity index (χ2v) is 6.46. The van der Waals surface area contributed by atoms with Gasteiger partial charge in [0.15, 0.2) is 6.10 Å². The Labute approximate surface area is 161 Å². The highest BCUT2D eigenvalue weighted by Crippen LogP contribution is 2.23. The summed E-state index contributed by atoms with van der Waals surface area (Å²) in [6.45, 7) is 5.22. The number of anilines is 1. The molecule has 0 saturated heterocycles. The number of amides is 1. The van der Waals surface area contributed by atoms with Crippen molar-refractivity contribution >= 4 is 28.3 Å². The van der Waals surface area contributed by atoms with Crippen LogP contribution in [0.4, 0.5) is 5.69 Å². The molecule has 3 N–H and O–H groups in total. The van der Waals surface area contributed by atoms with Gasteiger partial charge in [0.2, 0.25) is 0 Å². The van der Waals surface area contributed by atoms with Gasteiger partial charge in [-0.2, -0.15) is 5.10 Å². The molecule has 0 spiro atoms. The molecule has 0 aliphatic heterocycles. The number of nitrogens with two attached hydrogens (primary N) is 1. The van der Waals surface area contributed by atoms with Crippen molar-refractivity contribution in [3.8, 4) is 5.75 Å². The number of rotatable bonds is 5. The minimum atomic E-state index is -0.794. The molecule has 0 aliphatic rings. The van der Waals surface area contributed by atoms with Crippen molar-refractivity contribution in [2.75, 3.05) is 5.73 Å². The number of nitrogens with zero attached hydrogens (tertiary/aromatic N) is 1. The van der Waals surface area contributed by atoms with Gasteiger partial charge in [0.05, 0.1) is 5.71 Å².